The van der Waals surface area contributed by atoms with Gasteiger partial charge in [0.05, 0.1) is 25.9 Å². The lowest BCUT2D eigenvalue weighted by molar-refractivity contribution is -0.0430. The van der Waals surface area contributed by atoms with E-state index in [1.54, 1.807) is 7.11 Å². The average Bonchev–Trinajstić information content (AvgIpc) is 2.83. The van der Waals surface area contributed by atoms with Crippen molar-refractivity contribution in [3.05, 3.63) is 11.7 Å². The number of methoxy groups -OCH3 is 1. The second-order valence-electron chi connectivity index (χ2n) is 5.34. The molecule has 0 radical (unpaired) electrons. The predicted octanol–water partition coefficient (Wildman–Crippen LogP) is 0.0209. The molecule has 0 unspecified atom stereocenters. The number of aromatic nitrogens is 2. The van der Waals surface area contributed by atoms with Crippen molar-refractivity contribution in [1.82, 2.24) is 19.9 Å². The Labute approximate surface area is 119 Å². The molecular formula is C13H24N4O3. The molecule has 2 heterocycles. The molecule has 7 heteroatoms. The van der Waals surface area contributed by atoms with Crippen LogP contribution in [0.25, 0.3) is 0 Å². The van der Waals surface area contributed by atoms with E-state index in [0.29, 0.717) is 31.3 Å². The van der Waals surface area contributed by atoms with Crippen LogP contribution >= 0.6 is 0 Å². The molecule has 2 rings (SSSR count). The van der Waals surface area contributed by atoms with Gasteiger partial charge in [0.2, 0.25) is 5.89 Å². The molecule has 0 saturated carbocycles. The molecular weight excluding hydrogens is 260 g/mol. The maximum absolute atomic E-state index is 5.75. The van der Waals surface area contributed by atoms with E-state index in [2.05, 4.69) is 34.0 Å². The van der Waals surface area contributed by atoms with Gasteiger partial charge >= 0.3 is 0 Å². The molecule has 0 N–H and O–H groups in total. The molecule has 1 saturated heterocycles. The summed E-state index contributed by atoms with van der Waals surface area (Å²) in [6.45, 7) is 4.78. The summed E-state index contributed by atoms with van der Waals surface area (Å²) in [6.07, 6.45) is 0.932. The largest absolute Gasteiger partial charge is 0.384 e. The van der Waals surface area contributed by atoms with E-state index in [1.807, 2.05) is 0 Å². The fraction of sp³-hybridized carbons (Fsp3) is 0.846. The van der Waals surface area contributed by atoms with E-state index in [-0.39, 0.29) is 6.10 Å². The smallest absolute Gasteiger partial charge is 0.240 e. The molecule has 0 amide bonds. The molecule has 0 spiro atoms. The van der Waals surface area contributed by atoms with Crippen molar-refractivity contribution in [3.63, 3.8) is 0 Å². The van der Waals surface area contributed by atoms with Crippen LogP contribution in [-0.2, 0) is 22.4 Å². The van der Waals surface area contributed by atoms with Crippen molar-refractivity contribution in [2.75, 3.05) is 54.1 Å². The van der Waals surface area contributed by atoms with E-state index in [1.165, 1.54) is 0 Å². The van der Waals surface area contributed by atoms with E-state index >= 15 is 0 Å². The summed E-state index contributed by atoms with van der Waals surface area (Å²) in [5, 5.41) is 3.95. The van der Waals surface area contributed by atoms with Crippen LogP contribution in [0, 0.1) is 0 Å². The molecule has 0 aromatic carbocycles. The molecule has 1 aromatic heterocycles. The summed E-state index contributed by atoms with van der Waals surface area (Å²) in [7, 11) is 5.78. The first-order valence-electron chi connectivity index (χ1n) is 6.96. The molecule has 1 atom stereocenters. The highest BCUT2D eigenvalue weighted by molar-refractivity contribution is 4.87. The highest BCUT2D eigenvalue weighted by Gasteiger charge is 2.22. The number of ether oxygens (including phenoxy) is 2. The van der Waals surface area contributed by atoms with Crippen LogP contribution in [0.3, 0.4) is 0 Å². The Morgan fingerprint density at radius 3 is 3.05 bits per heavy atom. The Kier molecular flexibility index (Phi) is 5.90. The monoisotopic (exact) mass is 284 g/mol. The van der Waals surface area contributed by atoms with E-state index < -0.39 is 0 Å². The third-order valence-corrected chi connectivity index (χ3v) is 3.19. The number of likely N-dealkylation sites (N-methyl/N-ethyl adjacent to an activating group) is 1. The summed E-state index contributed by atoms with van der Waals surface area (Å²) in [5.74, 6) is 1.38. The quantitative estimate of drug-likeness (QED) is 0.699. The van der Waals surface area contributed by atoms with Crippen molar-refractivity contribution < 1.29 is 14.0 Å². The number of hydrogen-bond acceptors (Lipinski definition) is 7. The van der Waals surface area contributed by atoms with Crippen LogP contribution in [0.1, 0.15) is 11.7 Å². The Balaban J connectivity index is 1.81. The molecule has 1 aliphatic rings. The summed E-state index contributed by atoms with van der Waals surface area (Å²) in [5.41, 5.74) is 0. The van der Waals surface area contributed by atoms with Gasteiger partial charge < -0.3 is 18.9 Å². The van der Waals surface area contributed by atoms with Gasteiger partial charge in [0.25, 0.3) is 0 Å². The van der Waals surface area contributed by atoms with Crippen molar-refractivity contribution >= 4 is 0 Å². The zero-order chi connectivity index (χ0) is 14.4. The third-order valence-electron chi connectivity index (χ3n) is 3.19. The minimum atomic E-state index is 0.245. The summed E-state index contributed by atoms with van der Waals surface area (Å²) in [4.78, 5) is 8.82. The van der Waals surface area contributed by atoms with Crippen molar-refractivity contribution in [1.29, 1.82) is 0 Å². The van der Waals surface area contributed by atoms with E-state index in [4.69, 9.17) is 14.0 Å². The minimum Gasteiger partial charge on any atom is -0.384 e. The first kappa shape index (κ1) is 15.4. The molecule has 114 valence electrons. The minimum absolute atomic E-state index is 0.245. The predicted molar refractivity (Wildman–Crippen MR) is 73.4 cm³/mol. The first-order chi connectivity index (χ1) is 9.67. The van der Waals surface area contributed by atoms with Gasteiger partial charge in [-0.15, -0.1) is 0 Å². The Hall–Kier alpha value is -1.02. The van der Waals surface area contributed by atoms with Crippen LogP contribution in [0.2, 0.25) is 0 Å². The summed E-state index contributed by atoms with van der Waals surface area (Å²) < 4.78 is 16.0. The highest BCUT2D eigenvalue weighted by Crippen LogP contribution is 2.10. The Morgan fingerprint density at radius 1 is 1.45 bits per heavy atom. The van der Waals surface area contributed by atoms with Crippen LogP contribution in [0.15, 0.2) is 4.52 Å². The van der Waals surface area contributed by atoms with Gasteiger partial charge in [-0.2, -0.15) is 4.98 Å². The van der Waals surface area contributed by atoms with Gasteiger partial charge in [0.15, 0.2) is 5.82 Å². The lowest BCUT2D eigenvalue weighted by Gasteiger charge is -2.33. The number of rotatable bonds is 7. The average molecular weight is 284 g/mol. The molecule has 1 aromatic rings. The molecule has 7 nitrogen and oxygen atoms in total. The Morgan fingerprint density at radius 2 is 2.30 bits per heavy atom. The first-order valence-corrected chi connectivity index (χ1v) is 6.96. The number of nitrogens with zero attached hydrogens (tertiary/aromatic N) is 4. The standard InChI is InChI=1S/C13H24N4O3/c1-16(2)8-11-9-17(5-7-19-11)10-13-14-12(15-20-13)4-6-18-3/h11H,4-10H2,1-3H3/t11-/m1/s1. The molecule has 20 heavy (non-hydrogen) atoms. The van der Waals surface area contributed by atoms with E-state index in [9.17, 15) is 0 Å². The van der Waals surface area contributed by atoms with Crippen LogP contribution in [0.4, 0.5) is 0 Å². The normalized spacial score (nSPS) is 20.7. The lowest BCUT2D eigenvalue weighted by atomic mass is 10.2. The maximum Gasteiger partial charge on any atom is 0.240 e. The third kappa shape index (κ3) is 4.82. The molecule has 1 aliphatic heterocycles. The molecule has 0 bridgehead atoms. The Bertz CT molecular complexity index is 397. The second-order valence-corrected chi connectivity index (χ2v) is 5.34. The van der Waals surface area contributed by atoms with Crippen LogP contribution in [-0.4, -0.2) is 80.1 Å². The van der Waals surface area contributed by atoms with Gasteiger partial charge in [0, 0.05) is 33.2 Å². The fourth-order valence-electron chi connectivity index (χ4n) is 2.28. The highest BCUT2D eigenvalue weighted by atomic mass is 16.5. The SMILES string of the molecule is COCCc1noc(CN2CCO[C@H](CN(C)C)C2)n1. The zero-order valence-electron chi connectivity index (χ0n) is 12.5. The van der Waals surface area contributed by atoms with Crippen molar-refractivity contribution in [2.45, 2.75) is 19.1 Å². The number of morpholine rings is 1. The second kappa shape index (κ2) is 7.68. The van der Waals surface area contributed by atoms with Crippen LogP contribution < -0.4 is 0 Å². The fourth-order valence-corrected chi connectivity index (χ4v) is 2.28. The van der Waals surface area contributed by atoms with Crippen molar-refractivity contribution in [2.24, 2.45) is 0 Å². The summed E-state index contributed by atoms with van der Waals surface area (Å²) in [6, 6.07) is 0. The van der Waals surface area contributed by atoms with Gasteiger partial charge in [-0.3, -0.25) is 4.90 Å². The molecule has 0 aliphatic carbocycles. The number of hydrogen-bond donors (Lipinski definition) is 0. The van der Waals surface area contributed by atoms with Gasteiger partial charge in [-0.1, -0.05) is 5.16 Å². The van der Waals surface area contributed by atoms with E-state index in [0.717, 1.165) is 26.2 Å². The molecule has 1 fully saturated rings. The van der Waals surface area contributed by atoms with Crippen LogP contribution in [0.5, 0.6) is 0 Å². The van der Waals surface area contributed by atoms with Crippen molar-refractivity contribution in [3.8, 4) is 0 Å². The van der Waals surface area contributed by atoms with Gasteiger partial charge in [-0.25, -0.2) is 0 Å². The topological polar surface area (TPSA) is 63.9 Å². The maximum atomic E-state index is 5.75. The lowest BCUT2D eigenvalue weighted by Crippen LogP contribution is -2.46. The summed E-state index contributed by atoms with van der Waals surface area (Å²) >= 11 is 0. The van der Waals surface area contributed by atoms with Gasteiger partial charge in [-0.05, 0) is 14.1 Å². The zero-order valence-corrected chi connectivity index (χ0v) is 12.5. The van der Waals surface area contributed by atoms with Gasteiger partial charge in [0.1, 0.15) is 0 Å².